The van der Waals surface area contributed by atoms with Crippen molar-refractivity contribution in [2.75, 3.05) is 56.6 Å². The maximum atomic E-state index is 13.4. The van der Waals surface area contributed by atoms with Gasteiger partial charge in [-0.1, -0.05) is 6.92 Å². The Hall–Kier alpha value is -2.61. The molecule has 4 rings (SSSR count). The van der Waals surface area contributed by atoms with Crippen LogP contribution in [-0.4, -0.2) is 86.4 Å². The average molecular weight is 442 g/mol. The van der Waals surface area contributed by atoms with Crippen LogP contribution in [0.3, 0.4) is 0 Å². The van der Waals surface area contributed by atoms with Crippen molar-refractivity contribution in [1.82, 2.24) is 15.1 Å². The van der Waals surface area contributed by atoms with E-state index in [0.717, 1.165) is 57.4 Å². The lowest BCUT2D eigenvalue weighted by Crippen LogP contribution is -2.57. The molecule has 8 heteroatoms. The number of amides is 3. The minimum absolute atomic E-state index is 0.0192. The Morgan fingerprint density at radius 2 is 1.91 bits per heavy atom. The lowest BCUT2D eigenvalue weighted by molar-refractivity contribution is -0.125. The quantitative estimate of drug-likeness (QED) is 0.727. The first-order chi connectivity index (χ1) is 15.4. The highest BCUT2D eigenvalue weighted by Gasteiger charge is 2.40. The van der Waals surface area contributed by atoms with Gasteiger partial charge in [0.1, 0.15) is 12.6 Å². The largest absolute Gasteiger partial charge is 0.358 e. The van der Waals surface area contributed by atoms with E-state index in [4.69, 9.17) is 0 Å². The highest BCUT2D eigenvalue weighted by Crippen LogP contribution is 2.40. The van der Waals surface area contributed by atoms with Crippen LogP contribution in [0.1, 0.15) is 49.4 Å². The van der Waals surface area contributed by atoms with Crippen LogP contribution >= 0.6 is 0 Å². The summed E-state index contributed by atoms with van der Waals surface area (Å²) >= 11 is 0. The van der Waals surface area contributed by atoms with Crippen LogP contribution in [0.15, 0.2) is 18.2 Å². The summed E-state index contributed by atoms with van der Waals surface area (Å²) in [5.74, 6) is -0.315. The first-order valence-corrected chi connectivity index (χ1v) is 11.8. The zero-order valence-corrected chi connectivity index (χ0v) is 19.5. The lowest BCUT2D eigenvalue weighted by Gasteiger charge is -2.45. The summed E-state index contributed by atoms with van der Waals surface area (Å²) in [6, 6.07) is 5.65. The van der Waals surface area contributed by atoms with Crippen molar-refractivity contribution in [3.63, 3.8) is 0 Å². The van der Waals surface area contributed by atoms with E-state index in [9.17, 15) is 14.4 Å². The van der Waals surface area contributed by atoms with Crippen molar-refractivity contribution >= 4 is 29.1 Å². The molecule has 0 aromatic heterocycles. The van der Waals surface area contributed by atoms with Gasteiger partial charge in [-0.05, 0) is 63.4 Å². The molecule has 32 heavy (non-hydrogen) atoms. The molecule has 1 N–H and O–H groups in total. The van der Waals surface area contributed by atoms with Crippen LogP contribution in [0.2, 0.25) is 0 Å². The monoisotopic (exact) mass is 441 g/mol. The zero-order valence-electron chi connectivity index (χ0n) is 19.5. The van der Waals surface area contributed by atoms with E-state index < -0.39 is 0 Å². The molecule has 3 amide bonds. The van der Waals surface area contributed by atoms with Crippen molar-refractivity contribution in [1.29, 1.82) is 0 Å². The van der Waals surface area contributed by atoms with Gasteiger partial charge >= 0.3 is 0 Å². The van der Waals surface area contributed by atoms with Gasteiger partial charge in [-0.3, -0.25) is 24.2 Å². The second-order valence-corrected chi connectivity index (χ2v) is 9.26. The number of likely N-dealkylation sites (N-methyl/N-ethyl adjacent to an activating group) is 1. The van der Waals surface area contributed by atoms with Crippen LogP contribution < -0.4 is 15.1 Å². The summed E-state index contributed by atoms with van der Waals surface area (Å²) in [5, 5.41) is 3.05. The van der Waals surface area contributed by atoms with E-state index in [1.807, 2.05) is 12.1 Å². The number of hydrogen-bond acceptors (Lipinski definition) is 5. The highest BCUT2D eigenvalue weighted by atomic mass is 16.2. The number of nitrogens with zero attached hydrogens (tertiary/aromatic N) is 4. The van der Waals surface area contributed by atoms with Crippen LogP contribution in [-0.2, 0) is 9.59 Å². The summed E-state index contributed by atoms with van der Waals surface area (Å²) in [7, 11) is 3.42. The number of carbonyl (C=O) groups excluding carboxylic acids is 3. The minimum Gasteiger partial charge on any atom is -0.358 e. The summed E-state index contributed by atoms with van der Waals surface area (Å²) in [6.07, 6.45) is 5.09. The number of benzene rings is 1. The second-order valence-electron chi connectivity index (χ2n) is 9.26. The van der Waals surface area contributed by atoms with Crippen molar-refractivity contribution in [2.24, 2.45) is 0 Å². The Labute approximate surface area is 190 Å². The fourth-order valence-electron chi connectivity index (χ4n) is 5.29. The Bertz CT molecular complexity index is 886. The fraction of sp³-hybridized carbons (Fsp3) is 0.625. The zero-order chi connectivity index (χ0) is 22.8. The number of fused-ring (bicyclic) bond motifs is 3. The van der Waals surface area contributed by atoms with Crippen LogP contribution in [0, 0.1) is 0 Å². The Morgan fingerprint density at radius 3 is 2.66 bits per heavy atom. The Balaban J connectivity index is 1.56. The first kappa shape index (κ1) is 22.6. The molecule has 174 valence electrons. The maximum Gasteiger partial charge on any atom is 0.253 e. The van der Waals surface area contributed by atoms with Gasteiger partial charge in [0.2, 0.25) is 11.8 Å². The Kier molecular flexibility index (Phi) is 6.69. The molecular formula is C24H35N5O3. The smallest absolute Gasteiger partial charge is 0.253 e. The van der Waals surface area contributed by atoms with E-state index in [1.54, 1.807) is 25.1 Å². The molecule has 2 fully saturated rings. The third kappa shape index (κ3) is 4.33. The topological polar surface area (TPSA) is 76.2 Å². The minimum atomic E-state index is -0.232. The van der Waals surface area contributed by atoms with Crippen LogP contribution in [0.4, 0.5) is 11.4 Å². The van der Waals surface area contributed by atoms with Crippen molar-refractivity contribution in [3.8, 4) is 0 Å². The molecular weight excluding hydrogens is 406 g/mol. The molecule has 3 aliphatic heterocycles. The van der Waals surface area contributed by atoms with Gasteiger partial charge in [-0.25, -0.2) is 0 Å². The van der Waals surface area contributed by atoms with Gasteiger partial charge in [0.15, 0.2) is 0 Å². The number of rotatable bonds is 6. The molecule has 0 unspecified atom stereocenters. The van der Waals surface area contributed by atoms with E-state index in [1.165, 1.54) is 4.90 Å². The number of nitrogens with one attached hydrogen (secondary N) is 1. The van der Waals surface area contributed by atoms with Crippen LogP contribution in [0.25, 0.3) is 0 Å². The second kappa shape index (κ2) is 9.48. The van der Waals surface area contributed by atoms with Crippen molar-refractivity contribution in [2.45, 2.75) is 51.1 Å². The molecule has 3 heterocycles. The number of carbonyl (C=O) groups is 3. The van der Waals surface area contributed by atoms with E-state index in [0.29, 0.717) is 23.8 Å². The third-order valence-electron chi connectivity index (χ3n) is 7.02. The van der Waals surface area contributed by atoms with Gasteiger partial charge < -0.3 is 15.1 Å². The molecule has 0 aliphatic carbocycles. The number of likely N-dealkylation sites (tertiary alicyclic amines) is 1. The molecule has 2 saturated heterocycles. The van der Waals surface area contributed by atoms with Gasteiger partial charge in [0.25, 0.3) is 5.91 Å². The average Bonchev–Trinajstić information content (AvgIpc) is 3.27. The highest BCUT2D eigenvalue weighted by molar-refractivity contribution is 6.09. The van der Waals surface area contributed by atoms with Crippen molar-refractivity contribution in [3.05, 3.63) is 23.8 Å². The number of anilines is 2. The first-order valence-electron chi connectivity index (χ1n) is 11.8. The Morgan fingerprint density at radius 1 is 1.09 bits per heavy atom. The number of piperidine rings is 1. The third-order valence-corrected chi connectivity index (χ3v) is 7.02. The SMILES string of the molecule is CCN1CCC[C@H]1CNC(=O)CN1C(=O)[C@@H]2CCCCN2c2ccc(C(=O)N(C)C)cc21. The standard InChI is InChI=1S/C24H35N5O3/c1-4-27-12-7-8-18(27)15-25-22(30)16-29-21-14-17(23(31)26(2)3)10-11-19(21)28-13-6-5-9-20(28)24(29)32/h10-11,14,18,20H,4-9,12-13,15-16H2,1-3H3,(H,25,30)/t18-,20-/m0/s1. The molecule has 0 saturated carbocycles. The molecule has 1 aromatic carbocycles. The van der Waals surface area contributed by atoms with E-state index in [2.05, 4.69) is 22.0 Å². The van der Waals surface area contributed by atoms with Gasteiger partial charge in [-0.2, -0.15) is 0 Å². The van der Waals surface area contributed by atoms with Gasteiger partial charge in [0.05, 0.1) is 11.4 Å². The fourth-order valence-corrected chi connectivity index (χ4v) is 5.29. The van der Waals surface area contributed by atoms with Gasteiger partial charge in [0, 0.05) is 38.8 Å². The normalized spacial score (nSPS) is 23.0. The molecule has 0 radical (unpaired) electrons. The summed E-state index contributed by atoms with van der Waals surface area (Å²) < 4.78 is 0. The molecule has 8 nitrogen and oxygen atoms in total. The molecule has 3 aliphatic rings. The van der Waals surface area contributed by atoms with E-state index in [-0.39, 0.29) is 30.3 Å². The summed E-state index contributed by atoms with van der Waals surface area (Å²) in [4.78, 5) is 46.5. The molecule has 0 spiro atoms. The van der Waals surface area contributed by atoms with Crippen LogP contribution in [0.5, 0.6) is 0 Å². The molecule has 0 bridgehead atoms. The summed E-state index contributed by atoms with van der Waals surface area (Å²) in [5.41, 5.74) is 2.12. The van der Waals surface area contributed by atoms with Crippen molar-refractivity contribution < 1.29 is 14.4 Å². The maximum absolute atomic E-state index is 13.4. The predicted molar refractivity (Wildman–Crippen MR) is 125 cm³/mol. The lowest BCUT2D eigenvalue weighted by atomic mass is 9.95. The number of hydrogen-bond donors (Lipinski definition) is 1. The van der Waals surface area contributed by atoms with Gasteiger partial charge in [-0.15, -0.1) is 0 Å². The van der Waals surface area contributed by atoms with E-state index >= 15 is 0 Å². The summed E-state index contributed by atoms with van der Waals surface area (Å²) in [6.45, 7) is 5.61. The predicted octanol–water partition coefficient (Wildman–Crippen LogP) is 1.69. The molecule has 2 atom stereocenters. The molecule has 1 aromatic rings.